The Hall–Kier alpha value is -2.27. The van der Waals surface area contributed by atoms with Gasteiger partial charge in [-0.05, 0) is 42.8 Å². The van der Waals surface area contributed by atoms with Gasteiger partial charge in [-0.2, -0.15) is 0 Å². The van der Waals surface area contributed by atoms with Crippen LogP contribution in [0.4, 0.5) is 5.82 Å². The number of nitrogens with one attached hydrogen (secondary N) is 2. The van der Waals surface area contributed by atoms with E-state index in [9.17, 15) is 0 Å². The van der Waals surface area contributed by atoms with Gasteiger partial charge in [0.15, 0.2) is 0 Å². The van der Waals surface area contributed by atoms with Gasteiger partial charge in [-0.1, -0.05) is 41.9 Å². The third-order valence-electron chi connectivity index (χ3n) is 5.25. The molecule has 2 aromatic heterocycles. The fourth-order valence-corrected chi connectivity index (χ4v) is 4.17. The Bertz CT molecular complexity index is 1120. The largest absolute Gasteiger partial charge is 0.365 e. The van der Waals surface area contributed by atoms with Crippen molar-refractivity contribution < 1.29 is 0 Å². The van der Waals surface area contributed by atoms with Crippen LogP contribution in [0.2, 0.25) is 5.02 Å². The van der Waals surface area contributed by atoms with Gasteiger partial charge in [-0.15, -0.1) is 12.4 Å². The summed E-state index contributed by atoms with van der Waals surface area (Å²) in [6.07, 6.45) is 3.27. The number of aromatic nitrogens is 2. The van der Waals surface area contributed by atoms with Crippen molar-refractivity contribution in [1.29, 1.82) is 0 Å². The maximum absolute atomic E-state index is 6.18. The van der Waals surface area contributed by atoms with Crippen molar-refractivity contribution in [2.45, 2.75) is 19.0 Å². The average Bonchev–Trinajstić information content (AvgIpc) is 3.32. The predicted molar refractivity (Wildman–Crippen MR) is 120 cm³/mol. The Kier molecular flexibility index (Phi) is 5.44. The van der Waals surface area contributed by atoms with Crippen molar-refractivity contribution in [3.8, 4) is 0 Å². The van der Waals surface area contributed by atoms with Gasteiger partial charge in [0, 0.05) is 41.1 Å². The maximum Gasteiger partial charge on any atom is 0.136 e. The summed E-state index contributed by atoms with van der Waals surface area (Å²) in [6, 6.07) is 19.0. The van der Waals surface area contributed by atoms with Crippen molar-refractivity contribution in [3.05, 3.63) is 71.4 Å². The molecule has 3 heterocycles. The molecule has 0 spiro atoms. The van der Waals surface area contributed by atoms with Crippen molar-refractivity contribution in [2.24, 2.45) is 0 Å². The smallest absolute Gasteiger partial charge is 0.136 e. The minimum atomic E-state index is 0. The van der Waals surface area contributed by atoms with E-state index in [1.165, 1.54) is 21.9 Å². The number of rotatable bonds is 4. The molecule has 0 bridgehead atoms. The number of fused-ring (bicyclic) bond motifs is 3. The molecule has 144 valence electrons. The highest BCUT2D eigenvalue weighted by Crippen LogP contribution is 2.31. The van der Waals surface area contributed by atoms with Gasteiger partial charge in [0.2, 0.25) is 0 Å². The molecule has 0 unspecified atom stereocenters. The molecule has 0 saturated carbocycles. The van der Waals surface area contributed by atoms with Crippen LogP contribution in [0.3, 0.4) is 0 Å². The zero-order valence-electron chi connectivity index (χ0n) is 15.4. The molecule has 6 heteroatoms. The summed E-state index contributed by atoms with van der Waals surface area (Å²) in [5.41, 5.74) is 3.42. The van der Waals surface area contributed by atoms with Gasteiger partial charge in [0.1, 0.15) is 5.82 Å². The molecule has 5 rings (SSSR count). The fraction of sp³-hybridized carbons (Fsp3) is 0.227. The van der Waals surface area contributed by atoms with Crippen LogP contribution in [0.25, 0.3) is 21.8 Å². The standard InChI is InChI=1S/C22H21ClN4.ClH/c23-16-5-3-4-15(12-16)14-27-11-9-19-21(27)18-6-1-2-7-20(18)26-22(19)25-17-8-10-24-13-17;/h1-7,9,11-12,17,24H,8,10,13-14H2,(H,25,26);1H/t17-;/m1./s1. The third-order valence-corrected chi connectivity index (χ3v) is 5.49. The molecule has 0 amide bonds. The van der Waals surface area contributed by atoms with Crippen molar-refractivity contribution in [2.75, 3.05) is 18.4 Å². The van der Waals surface area contributed by atoms with Crippen LogP contribution in [0.5, 0.6) is 0 Å². The monoisotopic (exact) mass is 412 g/mol. The van der Waals surface area contributed by atoms with Gasteiger partial charge in [0.05, 0.1) is 11.0 Å². The highest BCUT2D eigenvalue weighted by Gasteiger charge is 2.18. The summed E-state index contributed by atoms with van der Waals surface area (Å²) in [5, 5.41) is 10.2. The van der Waals surface area contributed by atoms with Gasteiger partial charge in [0.25, 0.3) is 0 Å². The van der Waals surface area contributed by atoms with Crippen LogP contribution >= 0.6 is 24.0 Å². The summed E-state index contributed by atoms with van der Waals surface area (Å²) >= 11 is 6.18. The number of benzene rings is 2. The van der Waals surface area contributed by atoms with Crippen molar-refractivity contribution in [3.63, 3.8) is 0 Å². The van der Waals surface area contributed by atoms with Gasteiger partial charge < -0.3 is 15.2 Å². The summed E-state index contributed by atoms with van der Waals surface area (Å²) in [6.45, 7) is 2.83. The average molecular weight is 413 g/mol. The van der Waals surface area contributed by atoms with Crippen LogP contribution in [0.15, 0.2) is 60.8 Å². The summed E-state index contributed by atoms with van der Waals surface area (Å²) in [4.78, 5) is 4.93. The molecular formula is C22H22Cl2N4. The molecule has 1 atom stereocenters. The first-order valence-corrected chi connectivity index (χ1v) is 9.75. The third kappa shape index (κ3) is 3.55. The fourth-order valence-electron chi connectivity index (χ4n) is 3.96. The molecule has 1 saturated heterocycles. The van der Waals surface area contributed by atoms with Crippen molar-refractivity contribution >= 4 is 51.6 Å². The molecule has 1 fully saturated rings. The number of nitrogens with zero attached hydrogens (tertiary/aromatic N) is 2. The van der Waals surface area contributed by atoms with Crippen molar-refractivity contribution in [1.82, 2.24) is 14.9 Å². The van der Waals surface area contributed by atoms with Crippen LogP contribution in [0, 0.1) is 0 Å². The second-order valence-electron chi connectivity index (χ2n) is 7.15. The molecular weight excluding hydrogens is 391 g/mol. The molecule has 4 nitrogen and oxygen atoms in total. The van der Waals surface area contributed by atoms with Gasteiger partial charge in [-0.25, -0.2) is 4.98 Å². The Morgan fingerprint density at radius 2 is 2.00 bits per heavy atom. The highest BCUT2D eigenvalue weighted by atomic mass is 35.5. The van der Waals surface area contributed by atoms with E-state index in [-0.39, 0.29) is 12.4 Å². The van der Waals surface area contributed by atoms with E-state index in [0.717, 1.165) is 42.4 Å². The Labute approximate surface area is 175 Å². The van der Waals surface area contributed by atoms with E-state index in [4.69, 9.17) is 16.6 Å². The van der Waals surface area contributed by atoms with E-state index in [0.29, 0.717) is 6.04 Å². The zero-order valence-corrected chi connectivity index (χ0v) is 16.9. The number of hydrogen-bond donors (Lipinski definition) is 2. The number of pyridine rings is 1. The lowest BCUT2D eigenvalue weighted by Gasteiger charge is -2.15. The van der Waals surface area contributed by atoms with Crippen LogP contribution in [-0.2, 0) is 6.54 Å². The lowest BCUT2D eigenvalue weighted by molar-refractivity contribution is 0.790. The molecule has 2 aromatic carbocycles. The topological polar surface area (TPSA) is 41.9 Å². The molecule has 0 radical (unpaired) electrons. The second kappa shape index (κ2) is 8.00. The maximum atomic E-state index is 6.18. The molecule has 4 aromatic rings. The lowest BCUT2D eigenvalue weighted by atomic mass is 10.1. The molecule has 28 heavy (non-hydrogen) atoms. The van der Waals surface area contributed by atoms with Crippen LogP contribution in [-0.4, -0.2) is 28.7 Å². The summed E-state index contributed by atoms with van der Waals surface area (Å²) in [7, 11) is 0. The minimum Gasteiger partial charge on any atom is -0.365 e. The lowest BCUT2D eigenvalue weighted by Crippen LogP contribution is -2.22. The SMILES string of the molecule is Cl.Clc1cccc(Cn2ccc3c(N[C@@H]4CCNC4)nc4ccccc4c32)c1. The molecule has 2 N–H and O–H groups in total. The summed E-state index contributed by atoms with van der Waals surface area (Å²) in [5.74, 6) is 0.974. The quantitative estimate of drug-likeness (QED) is 0.490. The van der Waals surface area contributed by atoms with E-state index in [1.54, 1.807) is 0 Å². The van der Waals surface area contributed by atoms with Crippen LogP contribution < -0.4 is 10.6 Å². The van der Waals surface area contributed by atoms with E-state index >= 15 is 0 Å². The Balaban J connectivity index is 0.00000192. The Morgan fingerprint density at radius 3 is 2.82 bits per heavy atom. The first kappa shape index (κ1) is 19.1. The predicted octanol–water partition coefficient (Wildman–Crippen LogP) is 5.09. The molecule has 0 aliphatic carbocycles. The minimum absolute atomic E-state index is 0. The van der Waals surface area contributed by atoms with Gasteiger partial charge >= 0.3 is 0 Å². The highest BCUT2D eigenvalue weighted by molar-refractivity contribution is 6.30. The number of anilines is 1. The number of halogens is 2. The van der Waals surface area contributed by atoms with E-state index in [2.05, 4.69) is 51.7 Å². The van der Waals surface area contributed by atoms with E-state index < -0.39 is 0 Å². The van der Waals surface area contributed by atoms with Gasteiger partial charge in [-0.3, -0.25) is 0 Å². The second-order valence-corrected chi connectivity index (χ2v) is 7.58. The molecule has 1 aliphatic heterocycles. The first-order chi connectivity index (χ1) is 13.3. The van der Waals surface area contributed by atoms with Crippen LogP contribution in [0.1, 0.15) is 12.0 Å². The first-order valence-electron chi connectivity index (χ1n) is 9.37. The Morgan fingerprint density at radius 1 is 1.11 bits per heavy atom. The number of para-hydroxylation sites is 1. The number of hydrogen-bond acceptors (Lipinski definition) is 3. The zero-order chi connectivity index (χ0) is 18.2. The molecule has 1 aliphatic rings. The normalized spacial score (nSPS) is 16.4. The summed E-state index contributed by atoms with van der Waals surface area (Å²) < 4.78 is 2.29. The van der Waals surface area contributed by atoms with E-state index in [1.807, 2.05) is 24.3 Å².